The molecule has 0 aromatic rings. The van der Waals surface area contributed by atoms with E-state index >= 15 is 0 Å². The van der Waals surface area contributed by atoms with Gasteiger partial charge in [-0.15, -0.1) is 0 Å². The first-order chi connectivity index (χ1) is 7.63. The van der Waals surface area contributed by atoms with Gasteiger partial charge in [-0.25, -0.2) is 0 Å². The summed E-state index contributed by atoms with van der Waals surface area (Å²) in [6.07, 6.45) is 3.08. The van der Waals surface area contributed by atoms with Crippen LogP contribution < -0.4 is 16.0 Å². The van der Waals surface area contributed by atoms with Gasteiger partial charge in [0.25, 0.3) is 0 Å². The molecule has 0 aliphatic heterocycles. The zero-order valence-corrected chi connectivity index (χ0v) is 10.0. The Bertz CT molecular complexity index is 252. The van der Waals surface area contributed by atoms with Crippen molar-refractivity contribution in [2.24, 2.45) is 0 Å². The fourth-order valence-corrected chi connectivity index (χ4v) is 1.22. The molecule has 0 saturated heterocycles. The van der Waals surface area contributed by atoms with E-state index in [4.69, 9.17) is 0 Å². The Labute approximate surface area is 96.4 Å². The first-order valence-electron chi connectivity index (χ1n) is 5.94. The zero-order chi connectivity index (χ0) is 12.0. The second kappa shape index (κ2) is 6.48. The van der Waals surface area contributed by atoms with Gasteiger partial charge in [0.05, 0.1) is 12.6 Å². The molecule has 0 bridgehead atoms. The van der Waals surface area contributed by atoms with Crippen molar-refractivity contribution in [1.82, 2.24) is 16.0 Å². The summed E-state index contributed by atoms with van der Waals surface area (Å²) in [5, 5.41) is 8.53. The SMILES string of the molecule is CCCNC(=O)CNC(C)C(=O)NC1CC1. The molecule has 1 aliphatic rings. The Balaban J connectivity index is 2.10. The Morgan fingerprint density at radius 1 is 1.38 bits per heavy atom. The lowest BCUT2D eigenvalue weighted by Crippen LogP contribution is -2.46. The van der Waals surface area contributed by atoms with Gasteiger partial charge in [0.1, 0.15) is 0 Å². The third-order valence-electron chi connectivity index (χ3n) is 2.46. The lowest BCUT2D eigenvalue weighted by Gasteiger charge is -2.13. The van der Waals surface area contributed by atoms with E-state index in [9.17, 15) is 9.59 Å². The van der Waals surface area contributed by atoms with Crippen LogP contribution in [-0.2, 0) is 9.59 Å². The molecule has 92 valence electrons. The largest absolute Gasteiger partial charge is 0.355 e. The van der Waals surface area contributed by atoms with Crippen LogP contribution in [0.25, 0.3) is 0 Å². The summed E-state index contributed by atoms with van der Waals surface area (Å²) >= 11 is 0. The van der Waals surface area contributed by atoms with Crippen LogP contribution in [0.2, 0.25) is 0 Å². The van der Waals surface area contributed by atoms with Crippen LogP contribution in [0.3, 0.4) is 0 Å². The predicted octanol–water partition coefficient (Wildman–Crippen LogP) is -0.231. The highest BCUT2D eigenvalue weighted by atomic mass is 16.2. The van der Waals surface area contributed by atoms with Gasteiger partial charge in [0.15, 0.2) is 0 Å². The molecule has 1 saturated carbocycles. The molecule has 2 amide bonds. The fraction of sp³-hybridized carbons (Fsp3) is 0.818. The van der Waals surface area contributed by atoms with Gasteiger partial charge in [0.2, 0.25) is 11.8 Å². The molecule has 0 radical (unpaired) electrons. The van der Waals surface area contributed by atoms with Gasteiger partial charge >= 0.3 is 0 Å². The predicted molar refractivity (Wildman–Crippen MR) is 61.9 cm³/mol. The molecule has 1 unspecified atom stereocenters. The third kappa shape index (κ3) is 5.11. The summed E-state index contributed by atoms with van der Waals surface area (Å²) in [5.74, 6) is -0.0845. The number of carbonyl (C=O) groups excluding carboxylic acids is 2. The molecular weight excluding hydrogens is 206 g/mol. The van der Waals surface area contributed by atoms with Gasteiger partial charge in [-0.1, -0.05) is 6.92 Å². The highest BCUT2D eigenvalue weighted by Gasteiger charge is 2.25. The fourth-order valence-electron chi connectivity index (χ4n) is 1.22. The van der Waals surface area contributed by atoms with Crippen molar-refractivity contribution in [1.29, 1.82) is 0 Å². The second-order valence-electron chi connectivity index (χ2n) is 4.24. The first-order valence-corrected chi connectivity index (χ1v) is 5.94. The molecule has 1 atom stereocenters. The van der Waals surface area contributed by atoms with Gasteiger partial charge in [-0.2, -0.15) is 0 Å². The van der Waals surface area contributed by atoms with E-state index in [0.717, 1.165) is 19.3 Å². The van der Waals surface area contributed by atoms with Crippen LogP contribution in [-0.4, -0.2) is 37.0 Å². The molecule has 16 heavy (non-hydrogen) atoms. The number of hydrogen-bond acceptors (Lipinski definition) is 3. The minimum atomic E-state index is -0.312. The number of amides is 2. The molecule has 3 N–H and O–H groups in total. The maximum Gasteiger partial charge on any atom is 0.237 e. The van der Waals surface area contributed by atoms with Crippen LogP contribution in [0.4, 0.5) is 0 Å². The van der Waals surface area contributed by atoms with E-state index in [1.54, 1.807) is 6.92 Å². The van der Waals surface area contributed by atoms with Gasteiger partial charge in [-0.05, 0) is 26.2 Å². The van der Waals surface area contributed by atoms with Crippen LogP contribution >= 0.6 is 0 Å². The van der Waals surface area contributed by atoms with Crippen LogP contribution in [0.15, 0.2) is 0 Å². The van der Waals surface area contributed by atoms with E-state index < -0.39 is 0 Å². The Morgan fingerprint density at radius 2 is 2.06 bits per heavy atom. The normalized spacial score (nSPS) is 16.6. The van der Waals surface area contributed by atoms with E-state index in [1.807, 2.05) is 6.92 Å². The van der Waals surface area contributed by atoms with Crippen molar-refractivity contribution in [2.45, 2.75) is 45.2 Å². The summed E-state index contributed by atoms with van der Waals surface area (Å²) in [4.78, 5) is 22.8. The lowest BCUT2D eigenvalue weighted by molar-refractivity contribution is -0.123. The quantitative estimate of drug-likeness (QED) is 0.562. The Kier molecular flexibility index (Phi) is 5.25. The molecular formula is C11H21N3O2. The standard InChI is InChI=1S/C11H21N3O2/c1-3-6-12-10(15)7-13-8(2)11(16)14-9-4-5-9/h8-9,13H,3-7H2,1-2H3,(H,12,15)(H,14,16). The molecule has 5 heteroatoms. The number of hydrogen-bond donors (Lipinski definition) is 3. The maximum atomic E-state index is 11.5. The topological polar surface area (TPSA) is 70.2 Å². The van der Waals surface area contributed by atoms with Gasteiger partial charge in [0, 0.05) is 12.6 Å². The van der Waals surface area contributed by atoms with E-state index in [0.29, 0.717) is 12.6 Å². The average Bonchev–Trinajstić information content (AvgIpc) is 3.06. The van der Waals surface area contributed by atoms with Gasteiger partial charge < -0.3 is 10.6 Å². The van der Waals surface area contributed by atoms with Crippen molar-refractivity contribution in [3.05, 3.63) is 0 Å². The van der Waals surface area contributed by atoms with Crippen molar-refractivity contribution in [2.75, 3.05) is 13.1 Å². The van der Waals surface area contributed by atoms with E-state index in [-0.39, 0.29) is 24.4 Å². The molecule has 1 aliphatic carbocycles. The molecule has 1 fully saturated rings. The van der Waals surface area contributed by atoms with Crippen LogP contribution in [0.1, 0.15) is 33.1 Å². The van der Waals surface area contributed by atoms with Crippen molar-refractivity contribution < 1.29 is 9.59 Å². The summed E-state index contributed by atoms with van der Waals surface area (Å²) in [7, 11) is 0. The summed E-state index contributed by atoms with van der Waals surface area (Å²) in [5.41, 5.74) is 0. The zero-order valence-electron chi connectivity index (χ0n) is 10.0. The first kappa shape index (κ1) is 13.0. The molecule has 0 spiro atoms. The summed E-state index contributed by atoms with van der Waals surface area (Å²) < 4.78 is 0. The van der Waals surface area contributed by atoms with Crippen LogP contribution in [0, 0.1) is 0 Å². The Hall–Kier alpha value is -1.10. The van der Waals surface area contributed by atoms with E-state index in [2.05, 4.69) is 16.0 Å². The van der Waals surface area contributed by atoms with Gasteiger partial charge in [-0.3, -0.25) is 14.9 Å². The number of rotatable bonds is 7. The molecule has 0 aromatic carbocycles. The summed E-state index contributed by atoms with van der Waals surface area (Å²) in [6.45, 7) is 4.65. The summed E-state index contributed by atoms with van der Waals surface area (Å²) in [6, 6.07) is 0.0543. The van der Waals surface area contributed by atoms with Crippen molar-refractivity contribution in [3.8, 4) is 0 Å². The molecule has 0 aromatic heterocycles. The maximum absolute atomic E-state index is 11.5. The second-order valence-corrected chi connectivity index (χ2v) is 4.24. The Morgan fingerprint density at radius 3 is 2.62 bits per heavy atom. The number of carbonyl (C=O) groups is 2. The monoisotopic (exact) mass is 227 g/mol. The third-order valence-corrected chi connectivity index (χ3v) is 2.46. The highest BCUT2D eigenvalue weighted by Crippen LogP contribution is 2.18. The molecule has 5 nitrogen and oxygen atoms in total. The molecule has 0 heterocycles. The lowest BCUT2D eigenvalue weighted by atomic mass is 10.3. The van der Waals surface area contributed by atoms with E-state index in [1.165, 1.54) is 0 Å². The smallest absolute Gasteiger partial charge is 0.237 e. The van der Waals surface area contributed by atoms with Crippen LogP contribution in [0.5, 0.6) is 0 Å². The number of nitrogens with one attached hydrogen (secondary N) is 3. The average molecular weight is 227 g/mol. The highest BCUT2D eigenvalue weighted by molar-refractivity contribution is 5.83. The minimum absolute atomic E-state index is 0.0224. The molecule has 1 rings (SSSR count). The minimum Gasteiger partial charge on any atom is -0.355 e. The van der Waals surface area contributed by atoms with Crippen molar-refractivity contribution >= 4 is 11.8 Å². The van der Waals surface area contributed by atoms with Crippen molar-refractivity contribution in [3.63, 3.8) is 0 Å².